The fourth-order valence-electron chi connectivity index (χ4n) is 1.75. The Morgan fingerprint density at radius 2 is 0.800 bits per heavy atom. The maximum absolute atomic E-state index is 2.28. The van der Waals surface area contributed by atoms with E-state index in [2.05, 4.69) is 49.3 Å². The van der Waals surface area contributed by atoms with E-state index in [4.69, 9.17) is 0 Å². The smallest absolute Gasteiger partial charge is 0.00944 e. The first-order valence-corrected chi connectivity index (χ1v) is 13.0. The van der Waals surface area contributed by atoms with Crippen LogP contribution in [0.4, 0.5) is 0 Å². The van der Waals surface area contributed by atoms with Crippen molar-refractivity contribution in [2.75, 3.05) is 11.5 Å². The predicted molar refractivity (Wildman–Crippen MR) is 107 cm³/mol. The third kappa shape index (κ3) is 19.4. The molecular weight excluding hydrogens is 320 g/mol. The van der Waals surface area contributed by atoms with Gasteiger partial charge in [0.1, 0.15) is 0 Å². The normalized spacial score (nSPS) is 11.7. The Morgan fingerprint density at radius 1 is 0.500 bits per heavy atom. The average Bonchev–Trinajstić information content (AvgIpc) is 2.38. The molecule has 0 fully saturated rings. The Labute approximate surface area is 144 Å². The second kappa shape index (κ2) is 16.8. The lowest BCUT2D eigenvalue weighted by atomic mass is 10.1. The maximum Gasteiger partial charge on any atom is 0.00944 e. The monoisotopic (exact) mass is 354 g/mol. The molecule has 0 heterocycles. The van der Waals surface area contributed by atoms with Gasteiger partial charge in [0.25, 0.3) is 0 Å². The number of hydrogen-bond acceptors (Lipinski definition) is 4. The van der Waals surface area contributed by atoms with Crippen LogP contribution in [0.1, 0.15) is 79.1 Å². The van der Waals surface area contributed by atoms with Gasteiger partial charge in [0.05, 0.1) is 0 Å². The largest absolute Gasteiger partial charge is 0.0939 e. The summed E-state index contributed by atoms with van der Waals surface area (Å²) in [6, 6.07) is 0. The Kier molecular flexibility index (Phi) is 17.9. The molecule has 0 saturated carbocycles. The van der Waals surface area contributed by atoms with Gasteiger partial charge in [-0.1, -0.05) is 109 Å². The van der Waals surface area contributed by atoms with Gasteiger partial charge in [0.15, 0.2) is 0 Å². The predicted octanol–water partition coefficient (Wildman–Crippen LogP) is 7.69. The Balaban J connectivity index is 2.96. The van der Waals surface area contributed by atoms with Crippen molar-refractivity contribution in [3.05, 3.63) is 0 Å². The van der Waals surface area contributed by atoms with Crippen molar-refractivity contribution < 1.29 is 0 Å². The summed E-state index contributed by atoms with van der Waals surface area (Å²) in [6.45, 7) is 9.10. The van der Waals surface area contributed by atoms with E-state index in [1.54, 1.807) is 0 Å². The molecule has 0 radical (unpaired) electrons. The van der Waals surface area contributed by atoms with Gasteiger partial charge in [-0.2, -0.15) is 0 Å². The zero-order valence-corrected chi connectivity index (χ0v) is 17.1. The van der Waals surface area contributed by atoms with Crippen molar-refractivity contribution in [2.45, 2.75) is 89.6 Å². The van der Waals surface area contributed by atoms with Gasteiger partial charge < -0.3 is 0 Å². The number of rotatable bonds is 15. The average molecular weight is 355 g/mol. The molecule has 0 nitrogen and oxygen atoms in total. The van der Waals surface area contributed by atoms with Crippen LogP contribution in [0.15, 0.2) is 0 Å². The highest BCUT2D eigenvalue weighted by Gasteiger charge is 1.97. The van der Waals surface area contributed by atoms with Crippen LogP contribution in [-0.2, 0) is 0 Å². The minimum absolute atomic E-state index is 0.775. The van der Waals surface area contributed by atoms with E-state index in [1.807, 2.05) is 21.6 Å². The molecule has 0 saturated heterocycles. The Bertz CT molecular complexity index is 163. The number of hydrogen-bond donors (Lipinski definition) is 0. The molecule has 0 rings (SSSR count). The van der Waals surface area contributed by atoms with Crippen LogP contribution in [0.25, 0.3) is 0 Å². The zero-order chi connectivity index (χ0) is 15.1. The lowest BCUT2D eigenvalue weighted by molar-refractivity contribution is 0.588. The molecule has 0 bridgehead atoms. The van der Waals surface area contributed by atoms with E-state index < -0.39 is 0 Å². The molecule has 0 aliphatic carbocycles. The van der Waals surface area contributed by atoms with Crippen molar-refractivity contribution >= 4 is 43.2 Å². The van der Waals surface area contributed by atoms with Crippen LogP contribution in [0.3, 0.4) is 0 Å². The first-order chi connectivity index (χ1) is 9.63. The molecule has 0 aliphatic heterocycles. The summed E-state index contributed by atoms with van der Waals surface area (Å²) in [6.07, 6.45) is 11.5. The Morgan fingerprint density at radius 3 is 1.10 bits per heavy atom. The van der Waals surface area contributed by atoms with Gasteiger partial charge in [0.2, 0.25) is 0 Å². The molecule has 0 aromatic carbocycles. The molecule has 0 aliphatic rings. The van der Waals surface area contributed by atoms with E-state index in [-0.39, 0.29) is 0 Å². The van der Waals surface area contributed by atoms with Crippen molar-refractivity contribution in [1.82, 2.24) is 0 Å². The second-order valence-electron chi connectivity index (χ2n) is 5.76. The van der Waals surface area contributed by atoms with E-state index in [9.17, 15) is 0 Å². The first kappa shape index (κ1) is 21.4. The lowest BCUT2D eigenvalue weighted by Crippen LogP contribution is -1.86. The first-order valence-electron chi connectivity index (χ1n) is 8.19. The van der Waals surface area contributed by atoms with E-state index >= 15 is 0 Å². The molecule has 0 aromatic rings. The SMILES string of the molecule is CC(C)SSCCCCCCCCCCSSC(C)C. The molecule has 4 heteroatoms. The van der Waals surface area contributed by atoms with Crippen LogP contribution in [0.5, 0.6) is 0 Å². The molecule has 0 spiro atoms. The molecule has 0 N–H and O–H groups in total. The minimum Gasteiger partial charge on any atom is -0.0939 e. The van der Waals surface area contributed by atoms with E-state index in [0.29, 0.717) is 0 Å². The standard InChI is InChI=1S/C16H34S4/c1-15(2)19-17-13-11-9-7-5-6-8-10-12-14-18-20-16(3)4/h15-16H,5-14H2,1-4H3. The van der Waals surface area contributed by atoms with Crippen LogP contribution in [-0.4, -0.2) is 22.0 Å². The van der Waals surface area contributed by atoms with Gasteiger partial charge in [-0.25, -0.2) is 0 Å². The van der Waals surface area contributed by atoms with Crippen molar-refractivity contribution in [3.8, 4) is 0 Å². The van der Waals surface area contributed by atoms with Gasteiger partial charge in [0, 0.05) is 22.0 Å². The summed E-state index contributed by atoms with van der Waals surface area (Å²) in [5, 5.41) is 1.55. The summed E-state index contributed by atoms with van der Waals surface area (Å²) < 4.78 is 0. The maximum atomic E-state index is 2.28. The van der Waals surface area contributed by atoms with Crippen LogP contribution >= 0.6 is 43.2 Å². The fourth-order valence-corrected chi connectivity index (χ4v) is 6.05. The summed E-state index contributed by atoms with van der Waals surface area (Å²) in [5.41, 5.74) is 0. The zero-order valence-electron chi connectivity index (χ0n) is 13.9. The summed E-state index contributed by atoms with van der Waals surface area (Å²) in [5.74, 6) is 2.68. The topological polar surface area (TPSA) is 0 Å². The Hall–Kier alpha value is 1.40. The van der Waals surface area contributed by atoms with Gasteiger partial charge >= 0.3 is 0 Å². The van der Waals surface area contributed by atoms with E-state index in [1.165, 1.54) is 62.9 Å². The lowest BCUT2D eigenvalue weighted by Gasteiger charge is -2.05. The van der Waals surface area contributed by atoms with Crippen molar-refractivity contribution in [3.63, 3.8) is 0 Å². The van der Waals surface area contributed by atoms with Crippen molar-refractivity contribution in [2.24, 2.45) is 0 Å². The van der Waals surface area contributed by atoms with Gasteiger partial charge in [-0.3, -0.25) is 0 Å². The van der Waals surface area contributed by atoms with Gasteiger partial charge in [-0.05, 0) is 12.8 Å². The van der Waals surface area contributed by atoms with Crippen LogP contribution in [0, 0.1) is 0 Å². The summed E-state index contributed by atoms with van der Waals surface area (Å²) >= 11 is 0. The van der Waals surface area contributed by atoms with Crippen molar-refractivity contribution in [1.29, 1.82) is 0 Å². The highest BCUT2D eigenvalue weighted by Crippen LogP contribution is 2.28. The van der Waals surface area contributed by atoms with Crippen LogP contribution < -0.4 is 0 Å². The van der Waals surface area contributed by atoms with E-state index in [0.717, 1.165) is 10.5 Å². The number of unbranched alkanes of at least 4 members (excludes halogenated alkanes) is 7. The molecule has 122 valence electrons. The third-order valence-corrected chi connectivity index (χ3v) is 8.80. The third-order valence-electron chi connectivity index (χ3n) is 2.73. The molecular formula is C16H34S4. The summed E-state index contributed by atoms with van der Waals surface area (Å²) in [4.78, 5) is 0. The van der Waals surface area contributed by atoms with Crippen LogP contribution in [0.2, 0.25) is 0 Å². The quantitative estimate of drug-likeness (QED) is 0.218. The fraction of sp³-hybridized carbons (Fsp3) is 1.00. The summed E-state index contributed by atoms with van der Waals surface area (Å²) in [7, 11) is 8.16. The highest BCUT2D eigenvalue weighted by atomic mass is 33.1. The molecule has 0 unspecified atom stereocenters. The molecule has 0 atom stereocenters. The molecule has 0 aromatic heterocycles. The highest BCUT2D eigenvalue weighted by molar-refractivity contribution is 8.77. The molecule has 20 heavy (non-hydrogen) atoms. The second-order valence-corrected chi connectivity index (χ2v) is 11.9. The van der Waals surface area contributed by atoms with Gasteiger partial charge in [-0.15, -0.1) is 0 Å². The molecule has 0 amide bonds. The minimum atomic E-state index is 0.775.